The third-order valence-electron chi connectivity index (χ3n) is 9.99. The van der Waals surface area contributed by atoms with Crippen molar-refractivity contribution >= 4 is 63.5 Å². The summed E-state index contributed by atoms with van der Waals surface area (Å²) in [5.74, 6) is -2.52. The number of rotatable bonds is 19. The summed E-state index contributed by atoms with van der Waals surface area (Å²) >= 11 is 0. The Morgan fingerprint density at radius 1 is 0.700 bits per heavy atom. The van der Waals surface area contributed by atoms with E-state index < -0.39 is 78.6 Å². The average Bonchev–Trinajstić information content (AvgIpc) is 3.41. The van der Waals surface area contributed by atoms with Crippen molar-refractivity contribution in [3.8, 4) is 0 Å². The maximum atomic E-state index is 12.1. The summed E-state index contributed by atoms with van der Waals surface area (Å²) in [7, 11) is -18.8. The van der Waals surface area contributed by atoms with Crippen LogP contribution in [0.1, 0.15) is 76.8 Å². The van der Waals surface area contributed by atoms with Crippen LogP contribution in [0.3, 0.4) is 0 Å². The molecule has 0 radical (unpaired) electrons. The van der Waals surface area contributed by atoms with E-state index in [4.69, 9.17) is 0 Å². The maximum Gasteiger partial charge on any atom is 1.00 e. The number of carboxylic acids is 1. The summed E-state index contributed by atoms with van der Waals surface area (Å²) in [6.45, 7) is 5.49. The van der Waals surface area contributed by atoms with Crippen LogP contribution in [0, 0.1) is 0 Å². The average molecular weight is 947 g/mol. The molecule has 1 atom stereocenters. The smallest absolute Gasteiger partial charge is 0.748 e. The fraction of sp³-hybridized carbons (Fsp3) is 0.444. The van der Waals surface area contributed by atoms with Gasteiger partial charge in [0.05, 0.1) is 35.4 Å². The molecule has 4 rings (SSSR count). The Morgan fingerprint density at radius 3 is 1.80 bits per heavy atom. The van der Waals surface area contributed by atoms with E-state index in [0.717, 1.165) is 12.1 Å². The maximum absolute atomic E-state index is 12.1. The van der Waals surface area contributed by atoms with Crippen LogP contribution in [0.4, 0.5) is 11.4 Å². The van der Waals surface area contributed by atoms with E-state index in [1.807, 2.05) is 6.92 Å². The first-order chi connectivity index (χ1) is 25.8. The molecule has 2 aromatic rings. The van der Waals surface area contributed by atoms with Gasteiger partial charge >= 0.3 is 118 Å². The number of carbonyl (C=O) groups is 1. The monoisotopic (exact) mass is 946 g/mol. The van der Waals surface area contributed by atoms with Gasteiger partial charge in [0.1, 0.15) is 26.8 Å². The Morgan fingerprint density at radius 2 is 1.25 bits per heavy atom. The number of aliphatic carboxylic acids is 1. The molecule has 16 nitrogen and oxygen atoms in total. The van der Waals surface area contributed by atoms with Crippen LogP contribution < -0.4 is 128 Å². The van der Waals surface area contributed by atoms with Gasteiger partial charge in [0.25, 0.3) is 0 Å². The van der Waals surface area contributed by atoms with Crippen LogP contribution in [-0.4, -0.2) is 92.7 Å². The number of hydrogen-bond donors (Lipinski definition) is 0. The number of carbonyl (C=O) groups excluding carboxylic acids is 1. The number of allylic oxidation sites excluding steroid dienone is 6. The first-order valence-corrected chi connectivity index (χ1v) is 23.5. The Hall–Kier alpha value is 0.240. The van der Waals surface area contributed by atoms with E-state index in [-0.39, 0.29) is 151 Å². The van der Waals surface area contributed by atoms with Gasteiger partial charge in [0.2, 0.25) is 5.69 Å². The van der Waals surface area contributed by atoms with E-state index in [1.165, 1.54) is 24.3 Å². The zero-order valence-corrected chi connectivity index (χ0v) is 46.1. The summed E-state index contributed by atoms with van der Waals surface area (Å²) in [4.78, 5) is 11.8. The predicted molar refractivity (Wildman–Crippen MR) is 199 cm³/mol. The Bertz CT molecular complexity index is 2460. The van der Waals surface area contributed by atoms with Gasteiger partial charge < -0.3 is 33.0 Å². The molecule has 60 heavy (non-hydrogen) atoms. The van der Waals surface area contributed by atoms with Crippen molar-refractivity contribution in [3.63, 3.8) is 0 Å². The molecule has 0 spiro atoms. The van der Waals surface area contributed by atoms with Crippen molar-refractivity contribution in [2.75, 3.05) is 29.5 Å². The summed E-state index contributed by atoms with van der Waals surface area (Å²) in [5, 5.41) is 11.0. The summed E-state index contributed by atoms with van der Waals surface area (Å²) in [5.41, 5.74) is 1.27. The molecule has 2 aliphatic rings. The van der Waals surface area contributed by atoms with Gasteiger partial charge in [-0.1, -0.05) is 31.1 Å². The molecule has 2 aromatic carbocycles. The van der Waals surface area contributed by atoms with Crippen molar-refractivity contribution in [1.29, 1.82) is 0 Å². The zero-order valence-electron chi connectivity index (χ0n) is 34.9. The molecule has 0 aromatic heterocycles. The summed E-state index contributed by atoms with van der Waals surface area (Å²) < 4.78 is 142. The van der Waals surface area contributed by atoms with Crippen molar-refractivity contribution in [2.45, 2.75) is 86.3 Å². The van der Waals surface area contributed by atoms with Gasteiger partial charge in [0.15, 0.2) is 5.71 Å². The molecule has 308 valence electrons. The minimum atomic E-state index is -4.87. The van der Waals surface area contributed by atoms with Gasteiger partial charge in [-0.05, 0) is 88.4 Å². The van der Waals surface area contributed by atoms with Crippen molar-refractivity contribution in [2.24, 2.45) is 0 Å². The van der Waals surface area contributed by atoms with E-state index in [1.54, 1.807) is 53.7 Å². The summed E-state index contributed by atoms with van der Waals surface area (Å²) in [6.07, 6.45) is 9.72. The number of nitrogens with zero attached hydrogens (tertiary/aromatic N) is 2. The first-order valence-electron chi connectivity index (χ1n) is 17.5. The van der Waals surface area contributed by atoms with Gasteiger partial charge in [0, 0.05) is 64.9 Å². The van der Waals surface area contributed by atoms with Crippen molar-refractivity contribution in [3.05, 3.63) is 83.6 Å². The van der Waals surface area contributed by atoms with Gasteiger partial charge in [-0.3, -0.25) is 0 Å². The molecular weight excluding hydrogens is 905 g/mol. The fourth-order valence-electron chi connectivity index (χ4n) is 7.32. The number of hydrogen-bond acceptors (Lipinski definition) is 15. The molecule has 24 heteroatoms. The van der Waals surface area contributed by atoms with Crippen LogP contribution in [-0.2, 0) is 56.1 Å². The number of carboxylic acid groups (broad SMARTS) is 1. The largest absolute Gasteiger partial charge is 1.00 e. The zero-order chi connectivity index (χ0) is 41.9. The number of anilines is 1. The molecule has 2 heterocycles. The molecule has 0 amide bonds. The van der Waals surface area contributed by atoms with Gasteiger partial charge in [-0.25, -0.2) is 33.7 Å². The summed E-state index contributed by atoms with van der Waals surface area (Å²) in [6, 6.07) is 7.73. The first kappa shape index (κ1) is 60.2. The minimum Gasteiger partial charge on any atom is -0.748 e. The third kappa shape index (κ3) is 16.0. The molecule has 0 bridgehead atoms. The minimum absolute atomic E-state index is 0. The van der Waals surface area contributed by atoms with Crippen molar-refractivity contribution in [1.82, 2.24) is 0 Å². The Labute approximate surface area is 441 Å². The van der Waals surface area contributed by atoms with Crippen LogP contribution >= 0.6 is 0 Å². The van der Waals surface area contributed by atoms with E-state index in [2.05, 4.69) is 0 Å². The molecule has 0 N–H and O–H groups in total. The van der Waals surface area contributed by atoms with Crippen LogP contribution in [0.15, 0.2) is 82.3 Å². The Balaban J connectivity index is 0.00000870. The molecule has 0 fully saturated rings. The molecule has 0 saturated carbocycles. The molecule has 1 unspecified atom stereocenters. The molecular formula is C36H42N2Na4O14S4. The third-order valence-corrected chi connectivity index (χ3v) is 13.2. The van der Waals surface area contributed by atoms with Crippen LogP contribution in [0.25, 0.3) is 0 Å². The number of unbranched alkanes of at least 4 members (excludes halogenated alkanes) is 2. The topological polar surface area (TPSA) is 275 Å². The number of fused-ring (bicyclic) bond motifs is 2. The number of benzene rings is 2. The van der Waals surface area contributed by atoms with Crippen molar-refractivity contribution < 1.29 is 185 Å². The molecule has 0 saturated heterocycles. The normalized spacial score (nSPS) is 18.1. The van der Waals surface area contributed by atoms with E-state index >= 15 is 0 Å². The second-order valence-corrected chi connectivity index (χ2v) is 20.2. The van der Waals surface area contributed by atoms with Crippen LogP contribution in [0.5, 0.6) is 0 Å². The second kappa shape index (κ2) is 24.1. The van der Waals surface area contributed by atoms with Gasteiger partial charge in [-0.15, -0.1) is 0 Å². The fourth-order valence-corrected chi connectivity index (χ4v) is 9.28. The predicted octanol–water partition coefficient (Wildman–Crippen LogP) is -9.77. The molecule has 0 aliphatic carbocycles. The van der Waals surface area contributed by atoms with E-state index in [9.17, 15) is 61.8 Å². The van der Waals surface area contributed by atoms with Crippen LogP contribution in [0.2, 0.25) is 0 Å². The van der Waals surface area contributed by atoms with Gasteiger partial charge in [-0.2, -0.15) is 4.58 Å². The Kier molecular flexibility index (Phi) is 24.2. The van der Waals surface area contributed by atoms with E-state index in [0.29, 0.717) is 59.6 Å². The standard InChI is InChI=1S/C36H46N2O14S4.4Na/c1-35(2)28-24-26(55(47,48)49)15-17-30(28)37(20-10-22-53(41,42)43)32(35)12-6-4-7-13-33-36(3,19-9-5-8-14-34(39)40)29-25-27(56(50,51)52)16-18-31(29)38(33)21-11-23-54(44,45)46;;;;/h4,6-7,12-13,15-18,24-25H,5,8-11,14,19-23H2,1-3H3,(H4-,39,40,41,42,43,44,45,46,47,48,49,50,51,52);;;;/q;4*+1/p-4. The SMILES string of the molecule is CC1(C)C(/C=C/C=C/C=C2/N(CCCS(=O)(=O)[O-])c3ccc(S(=O)(=O)[O-])cc3C2(C)CCCCCC(=O)[O-])=[N+](CCCS(=O)(=O)[O-])c2ccc(S(=O)(=O)[O-])cc21.[Na+].[Na+].[Na+].[Na+]. The second-order valence-electron chi connectivity index (χ2n) is 14.4. The molecule has 2 aliphatic heterocycles. The quantitative estimate of drug-likeness (QED) is 0.0416.